The van der Waals surface area contributed by atoms with E-state index in [2.05, 4.69) is 61.4 Å². The largest absolute Gasteiger partial charge is 0.362 e. The Kier molecular flexibility index (Phi) is 8.25. The number of nitrogens with one attached hydrogen (secondary N) is 3. The summed E-state index contributed by atoms with van der Waals surface area (Å²) in [5.74, 6) is -0.849. The predicted molar refractivity (Wildman–Crippen MR) is 136 cm³/mol. The molecular weight excluding hydrogens is 424 g/mol. The van der Waals surface area contributed by atoms with Gasteiger partial charge in [0.1, 0.15) is 0 Å². The van der Waals surface area contributed by atoms with Crippen LogP contribution in [0.25, 0.3) is 0 Å². The van der Waals surface area contributed by atoms with Crippen LogP contribution in [0.5, 0.6) is 0 Å². The van der Waals surface area contributed by atoms with Crippen LogP contribution in [0.2, 0.25) is 0 Å². The fourth-order valence-electron chi connectivity index (χ4n) is 4.03. The lowest BCUT2D eigenvalue weighted by Gasteiger charge is -2.29. The van der Waals surface area contributed by atoms with Crippen LogP contribution < -0.4 is 10.6 Å². The molecule has 2 atom stereocenters. The fourth-order valence-corrected chi connectivity index (χ4v) is 4.03. The first kappa shape index (κ1) is 25.2. The molecule has 3 aliphatic rings. The maximum Gasteiger partial charge on any atom is 0.286 e. The molecule has 2 heterocycles. The summed E-state index contributed by atoms with van der Waals surface area (Å²) in [6.45, 7) is 10.8. The van der Waals surface area contributed by atoms with Gasteiger partial charge in [0.25, 0.3) is 5.91 Å². The Morgan fingerprint density at radius 2 is 2.18 bits per heavy atom. The van der Waals surface area contributed by atoms with Crippen molar-refractivity contribution in [1.29, 1.82) is 10.7 Å². The number of hydrogen-bond donors (Lipinski definition) is 3. The molecule has 6 nitrogen and oxygen atoms in total. The van der Waals surface area contributed by atoms with Crippen LogP contribution in [0, 0.1) is 22.2 Å². The molecule has 3 N–H and O–H groups in total. The smallest absolute Gasteiger partial charge is 0.286 e. The minimum absolute atomic E-state index is 0.00434. The molecule has 0 saturated carbocycles. The predicted octanol–water partition coefficient (Wildman–Crippen LogP) is 4.93. The van der Waals surface area contributed by atoms with Gasteiger partial charge < -0.3 is 15.4 Å². The van der Waals surface area contributed by atoms with Crippen LogP contribution in [-0.4, -0.2) is 30.5 Å². The summed E-state index contributed by atoms with van der Waals surface area (Å²) >= 11 is 0. The molecule has 1 amide bonds. The molecule has 178 valence electrons. The zero-order valence-electron chi connectivity index (χ0n) is 20.3. The lowest BCUT2D eigenvalue weighted by Crippen LogP contribution is -2.37. The lowest BCUT2D eigenvalue weighted by molar-refractivity contribution is -0.114. The van der Waals surface area contributed by atoms with Gasteiger partial charge in [-0.1, -0.05) is 50.8 Å². The number of nitrogens with zero attached hydrogens (tertiary/aromatic N) is 1. The van der Waals surface area contributed by atoms with E-state index in [-0.39, 0.29) is 24.6 Å². The first-order valence-electron chi connectivity index (χ1n) is 11.7. The summed E-state index contributed by atoms with van der Waals surface area (Å²) in [6.07, 6.45) is 20.1. The third kappa shape index (κ3) is 7.03. The number of rotatable bonds is 7. The van der Waals surface area contributed by atoms with Crippen molar-refractivity contribution in [3.63, 3.8) is 0 Å². The highest BCUT2D eigenvalue weighted by atomic mass is 16.5. The van der Waals surface area contributed by atoms with Crippen molar-refractivity contribution in [2.24, 2.45) is 5.41 Å². The zero-order chi connectivity index (χ0) is 24.7. The molecular formula is C28H34N4O2. The van der Waals surface area contributed by atoms with Crippen LogP contribution in [0.4, 0.5) is 0 Å². The Bertz CT molecular complexity index is 1080. The summed E-state index contributed by atoms with van der Waals surface area (Å²) in [4.78, 5) is 12.1. The zero-order valence-corrected chi connectivity index (χ0v) is 20.3. The second-order valence-corrected chi connectivity index (χ2v) is 9.71. The van der Waals surface area contributed by atoms with Gasteiger partial charge in [-0.2, -0.15) is 5.26 Å². The number of carbonyl (C=O) groups is 1. The number of hydrogen-bond acceptors (Lipinski definition) is 4. The number of nitriles is 1. The van der Waals surface area contributed by atoms with E-state index in [4.69, 9.17) is 15.4 Å². The number of amides is 1. The summed E-state index contributed by atoms with van der Waals surface area (Å²) in [5, 5.41) is 21.7. The molecule has 1 aliphatic carbocycles. The second kappa shape index (κ2) is 11.1. The van der Waals surface area contributed by atoms with Gasteiger partial charge in [-0.05, 0) is 66.0 Å². The van der Waals surface area contributed by atoms with Crippen LogP contribution in [0.3, 0.4) is 0 Å². The number of fused-ring (bicyclic) bond motifs is 2. The van der Waals surface area contributed by atoms with Gasteiger partial charge in [-0.3, -0.25) is 10.2 Å². The molecule has 2 aliphatic heterocycles. The SMILES string of the molecule is C=C(/C=C(\C=C/CNC(=O)C(=N)N/C=C(\C)C#N)C1=C[C@H]2C=C[C@@H](C1)O2)C1=CCC(C)(C)CC1. The van der Waals surface area contributed by atoms with Gasteiger partial charge in [-0.25, -0.2) is 0 Å². The monoisotopic (exact) mass is 458 g/mol. The Labute approximate surface area is 202 Å². The van der Waals surface area contributed by atoms with Crippen molar-refractivity contribution in [3.05, 3.63) is 83.2 Å². The molecule has 0 unspecified atom stereocenters. The van der Waals surface area contributed by atoms with E-state index < -0.39 is 5.91 Å². The van der Waals surface area contributed by atoms with Gasteiger partial charge in [0.05, 0.1) is 18.3 Å². The molecule has 6 heteroatoms. The number of amidine groups is 1. The highest BCUT2D eigenvalue weighted by Gasteiger charge is 2.26. The van der Waals surface area contributed by atoms with Crippen molar-refractivity contribution >= 4 is 11.7 Å². The van der Waals surface area contributed by atoms with Crippen LogP contribution in [0.15, 0.2) is 83.2 Å². The summed E-state index contributed by atoms with van der Waals surface area (Å²) in [6, 6.07) is 1.93. The summed E-state index contributed by atoms with van der Waals surface area (Å²) in [5.41, 5.74) is 5.32. The maximum atomic E-state index is 12.1. The number of carbonyl (C=O) groups excluding carboxylic acids is 1. The molecule has 2 bridgehead atoms. The van der Waals surface area contributed by atoms with Crippen molar-refractivity contribution in [3.8, 4) is 6.07 Å². The van der Waals surface area contributed by atoms with E-state index in [9.17, 15) is 4.79 Å². The highest BCUT2D eigenvalue weighted by Crippen LogP contribution is 2.37. The van der Waals surface area contributed by atoms with Crippen molar-refractivity contribution < 1.29 is 9.53 Å². The summed E-state index contributed by atoms with van der Waals surface area (Å²) < 4.78 is 5.87. The standard InChI is InChI=1S/C28H34N4O2/c1-19(17-29)18-32-26(30)27(33)31-13-5-6-22(23-15-24-7-8-25(16-23)34-24)14-20(2)21-9-11-28(3,4)12-10-21/h5-9,14-15,18,24-25H,2,10-13,16H2,1,3-4H3,(H2,30,32)(H,31,33)/b6-5-,19-18+,22-14+/t24-,25+/m1/s1. The molecule has 0 aromatic heterocycles. The Morgan fingerprint density at radius 1 is 1.38 bits per heavy atom. The Morgan fingerprint density at radius 3 is 2.85 bits per heavy atom. The first-order valence-corrected chi connectivity index (χ1v) is 11.7. The minimum Gasteiger partial charge on any atom is -0.362 e. The van der Waals surface area contributed by atoms with Crippen LogP contribution >= 0.6 is 0 Å². The molecule has 3 rings (SSSR count). The normalized spacial score (nSPS) is 23.7. The summed E-state index contributed by atoms with van der Waals surface area (Å²) in [7, 11) is 0. The maximum absolute atomic E-state index is 12.1. The number of ether oxygens (including phenoxy) is 1. The van der Waals surface area contributed by atoms with Crippen LogP contribution in [-0.2, 0) is 9.53 Å². The Balaban J connectivity index is 1.68. The molecule has 0 spiro atoms. The average molecular weight is 459 g/mol. The van der Waals surface area contributed by atoms with Gasteiger partial charge in [0.15, 0.2) is 5.84 Å². The van der Waals surface area contributed by atoms with Gasteiger partial charge in [0.2, 0.25) is 0 Å². The van der Waals surface area contributed by atoms with E-state index in [1.165, 1.54) is 17.3 Å². The fraction of sp³-hybridized carbons (Fsp3) is 0.393. The van der Waals surface area contributed by atoms with E-state index in [0.29, 0.717) is 11.0 Å². The molecule has 0 saturated heterocycles. The van der Waals surface area contributed by atoms with Crippen molar-refractivity contribution in [1.82, 2.24) is 10.6 Å². The Hall–Kier alpha value is -3.43. The molecule has 0 radical (unpaired) electrons. The molecule has 0 aromatic rings. The lowest BCUT2D eigenvalue weighted by atomic mass is 9.77. The first-order chi connectivity index (χ1) is 16.2. The molecule has 0 aromatic carbocycles. The van der Waals surface area contributed by atoms with Crippen LogP contribution in [0.1, 0.15) is 46.5 Å². The second-order valence-electron chi connectivity index (χ2n) is 9.71. The van der Waals surface area contributed by atoms with Crippen molar-refractivity contribution in [2.75, 3.05) is 6.54 Å². The van der Waals surface area contributed by atoms with E-state index >= 15 is 0 Å². The minimum atomic E-state index is -0.538. The van der Waals surface area contributed by atoms with Gasteiger partial charge in [-0.15, -0.1) is 0 Å². The van der Waals surface area contributed by atoms with Crippen molar-refractivity contribution in [2.45, 2.75) is 58.7 Å². The van der Waals surface area contributed by atoms with E-state index in [0.717, 1.165) is 36.8 Å². The number of allylic oxidation sites excluding steroid dienone is 7. The quantitative estimate of drug-likeness (QED) is 0.166. The van der Waals surface area contributed by atoms with E-state index in [1.807, 2.05) is 18.2 Å². The van der Waals surface area contributed by atoms with Gasteiger partial charge >= 0.3 is 0 Å². The topological polar surface area (TPSA) is 98.0 Å². The third-order valence-corrected chi connectivity index (χ3v) is 6.23. The van der Waals surface area contributed by atoms with Gasteiger partial charge in [0, 0.05) is 24.7 Å². The average Bonchev–Trinajstić information content (AvgIpc) is 3.15. The van der Waals surface area contributed by atoms with E-state index in [1.54, 1.807) is 6.92 Å². The molecule has 34 heavy (non-hydrogen) atoms. The highest BCUT2D eigenvalue weighted by molar-refractivity contribution is 6.36. The third-order valence-electron chi connectivity index (χ3n) is 6.23. The molecule has 0 fully saturated rings.